The number of halogens is 4. The first-order chi connectivity index (χ1) is 15.1. The highest BCUT2D eigenvalue weighted by Crippen LogP contribution is 2.30. The molecular weight excluding hydrogens is 420 g/mol. The maximum atomic E-state index is 13.2. The molecule has 2 aromatic carbocycles. The van der Waals surface area contributed by atoms with E-state index in [4.69, 9.17) is 0 Å². The van der Waals surface area contributed by atoms with E-state index in [1.807, 2.05) is 13.8 Å². The number of carbonyl (C=O) groups excluding carboxylic acids is 1. The van der Waals surface area contributed by atoms with Gasteiger partial charge in [-0.25, -0.2) is 4.39 Å². The fourth-order valence-electron chi connectivity index (χ4n) is 4.19. The molecule has 0 unspecified atom stereocenters. The van der Waals surface area contributed by atoms with Crippen LogP contribution in [0.4, 0.5) is 17.6 Å². The maximum Gasteiger partial charge on any atom is 0.416 e. The van der Waals surface area contributed by atoms with Gasteiger partial charge in [0, 0.05) is 12.5 Å². The second-order valence-corrected chi connectivity index (χ2v) is 8.85. The Morgan fingerprint density at radius 2 is 1.75 bits per heavy atom. The number of carbonyl (C=O) groups is 1. The number of piperidine rings is 1. The molecular formula is C25H30F4N2O. The van der Waals surface area contributed by atoms with Gasteiger partial charge in [-0.3, -0.25) is 4.79 Å². The molecule has 1 saturated heterocycles. The van der Waals surface area contributed by atoms with Crippen LogP contribution in [0.25, 0.3) is 0 Å². The summed E-state index contributed by atoms with van der Waals surface area (Å²) in [4.78, 5) is 15.1. The minimum absolute atomic E-state index is 0.00514. The molecule has 0 spiro atoms. The molecule has 1 heterocycles. The highest BCUT2D eigenvalue weighted by atomic mass is 19.4. The SMILES string of the molecule is CC(C)[C@@H](NC(=O)C1CCN(CCc2cccc(C(F)(F)F)c2)CC1)c1ccc(F)cc1. The summed E-state index contributed by atoms with van der Waals surface area (Å²) in [6.45, 7) is 6.18. The molecule has 174 valence electrons. The van der Waals surface area contributed by atoms with Crippen molar-refractivity contribution in [3.05, 3.63) is 71.0 Å². The zero-order chi connectivity index (χ0) is 23.3. The van der Waals surface area contributed by atoms with Crippen LogP contribution in [0.1, 0.15) is 49.4 Å². The third-order valence-corrected chi connectivity index (χ3v) is 6.12. The standard InChI is InChI=1S/C25H30F4N2O/c1-17(2)23(19-6-8-22(26)9-7-19)30-24(32)20-11-14-31(15-12-20)13-10-18-4-3-5-21(16-18)25(27,28)29/h3-9,16-17,20,23H,10-15H2,1-2H3,(H,30,32)/t23-/m1/s1. The molecule has 0 saturated carbocycles. The van der Waals surface area contributed by atoms with Gasteiger partial charge in [-0.05, 0) is 67.6 Å². The summed E-state index contributed by atoms with van der Waals surface area (Å²) >= 11 is 0. The summed E-state index contributed by atoms with van der Waals surface area (Å²) in [5, 5.41) is 3.13. The molecule has 3 rings (SSSR count). The van der Waals surface area contributed by atoms with E-state index in [2.05, 4.69) is 10.2 Å². The van der Waals surface area contributed by atoms with Gasteiger partial charge >= 0.3 is 6.18 Å². The van der Waals surface area contributed by atoms with E-state index in [9.17, 15) is 22.4 Å². The molecule has 1 aliphatic rings. The zero-order valence-corrected chi connectivity index (χ0v) is 18.5. The second-order valence-electron chi connectivity index (χ2n) is 8.85. The van der Waals surface area contributed by atoms with E-state index in [0.717, 1.165) is 24.7 Å². The minimum Gasteiger partial charge on any atom is -0.349 e. The van der Waals surface area contributed by atoms with Crippen LogP contribution < -0.4 is 5.32 Å². The quantitative estimate of drug-likeness (QED) is 0.556. The number of nitrogens with one attached hydrogen (secondary N) is 1. The Hall–Kier alpha value is -2.41. The fraction of sp³-hybridized carbons (Fsp3) is 0.480. The van der Waals surface area contributed by atoms with Crippen LogP contribution in [0.5, 0.6) is 0 Å². The Labute approximate surface area is 186 Å². The van der Waals surface area contributed by atoms with Crippen LogP contribution >= 0.6 is 0 Å². The second kappa shape index (κ2) is 10.5. The normalized spacial score (nSPS) is 16.8. The molecule has 32 heavy (non-hydrogen) atoms. The molecule has 0 aliphatic carbocycles. The smallest absolute Gasteiger partial charge is 0.349 e. The van der Waals surface area contributed by atoms with E-state index in [1.54, 1.807) is 18.2 Å². The van der Waals surface area contributed by atoms with Gasteiger partial charge in [-0.2, -0.15) is 13.2 Å². The van der Waals surface area contributed by atoms with Crippen molar-refractivity contribution in [1.82, 2.24) is 10.2 Å². The highest BCUT2D eigenvalue weighted by Gasteiger charge is 2.31. The summed E-state index contributed by atoms with van der Waals surface area (Å²) in [7, 11) is 0. The molecule has 1 aliphatic heterocycles. The van der Waals surface area contributed by atoms with E-state index in [0.29, 0.717) is 31.4 Å². The molecule has 7 heteroatoms. The Balaban J connectivity index is 1.49. The highest BCUT2D eigenvalue weighted by molar-refractivity contribution is 5.79. The molecule has 0 aromatic heterocycles. The Kier molecular flexibility index (Phi) is 7.93. The van der Waals surface area contributed by atoms with Crippen LogP contribution in [0.15, 0.2) is 48.5 Å². The lowest BCUT2D eigenvalue weighted by Gasteiger charge is -2.33. The Bertz CT molecular complexity index is 888. The summed E-state index contributed by atoms with van der Waals surface area (Å²) in [6.07, 6.45) is -2.37. The number of amides is 1. The number of rotatable bonds is 7. The molecule has 2 aromatic rings. The summed E-state index contributed by atoms with van der Waals surface area (Å²) < 4.78 is 51.9. The number of hydrogen-bond donors (Lipinski definition) is 1. The van der Waals surface area contributed by atoms with Crippen molar-refractivity contribution < 1.29 is 22.4 Å². The van der Waals surface area contributed by atoms with Gasteiger partial charge in [-0.15, -0.1) is 0 Å². The topological polar surface area (TPSA) is 32.3 Å². The van der Waals surface area contributed by atoms with Crippen LogP contribution in [0, 0.1) is 17.7 Å². The first-order valence-electron chi connectivity index (χ1n) is 11.1. The largest absolute Gasteiger partial charge is 0.416 e. The lowest BCUT2D eigenvalue weighted by molar-refractivity contribution is -0.137. The predicted molar refractivity (Wildman–Crippen MR) is 116 cm³/mol. The van der Waals surface area contributed by atoms with Gasteiger partial charge in [-0.1, -0.05) is 44.2 Å². The first-order valence-corrected chi connectivity index (χ1v) is 11.1. The average Bonchev–Trinajstić information content (AvgIpc) is 2.76. The average molecular weight is 451 g/mol. The number of hydrogen-bond acceptors (Lipinski definition) is 2. The number of alkyl halides is 3. The van der Waals surface area contributed by atoms with Crippen LogP contribution in [-0.2, 0) is 17.4 Å². The van der Waals surface area contributed by atoms with E-state index < -0.39 is 11.7 Å². The van der Waals surface area contributed by atoms with Crippen molar-refractivity contribution in [2.45, 2.75) is 45.3 Å². The zero-order valence-electron chi connectivity index (χ0n) is 18.5. The van der Waals surface area contributed by atoms with Crippen LogP contribution in [-0.4, -0.2) is 30.4 Å². The Morgan fingerprint density at radius 3 is 2.34 bits per heavy atom. The van der Waals surface area contributed by atoms with E-state index in [-0.39, 0.29) is 29.6 Å². The van der Waals surface area contributed by atoms with Crippen molar-refractivity contribution >= 4 is 5.91 Å². The maximum absolute atomic E-state index is 13.2. The molecule has 1 fully saturated rings. The van der Waals surface area contributed by atoms with Gasteiger partial charge in [0.05, 0.1) is 11.6 Å². The van der Waals surface area contributed by atoms with Gasteiger partial charge < -0.3 is 10.2 Å². The summed E-state index contributed by atoms with van der Waals surface area (Å²) in [5.74, 6) is -0.232. The number of likely N-dealkylation sites (tertiary alicyclic amines) is 1. The van der Waals surface area contributed by atoms with Crippen molar-refractivity contribution in [2.24, 2.45) is 11.8 Å². The summed E-state index contributed by atoms with van der Waals surface area (Å²) in [5.41, 5.74) is 0.929. The van der Waals surface area contributed by atoms with Crippen LogP contribution in [0.2, 0.25) is 0 Å². The van der Waals surface area contributed by atoms with Gasteiger partial charge in [0.2, 0.25) is 5.91 Å². The number of benzene rings is 2. The molecule has 3 nitrogen and oxygen atoms in total. The lowest BCUT2D eigenvalue weighted by Crippen LogP contribution is -2.42. The number of nitrogens with zero attached hydrogens (tertiary/aromatic N) is 1. The van der Waals surface area contributed by atoms with Crippen LogP contribution in [0.3, 0.4) is 0 Å². The van der Waals surface area contributed by atoms with E-state index >= 15 is 0 Å². The lowest BCUT2D eigenvalue weighted by atomic mass is 9.92. The molecule has 1 N–H and O–H groups in total. The third-order valence-electron chi connectivity index (χ3n) is 6.12. The molecule has 0 bridgehead atoms. The van der Waals surface area contributed by atoms with Crippen molar-refractivity contribution in [2.75, 3.05) is 19.6 Å². The minimum atomic E-state index is -4.33. The fourth-order valence-corrected chi connectivity index (χ4v) is 4.19. The van der Waals surface area contributed by atoms with Crippen molar-refractivity contribution in [3.63, 3.8) is 0 Å². The van der Waals surface area contributed by atoms with Crippen molar-refractivity contribution in [3.8, 4) is 0 Å². The van der Waals surface area contributed by atoms with Gasteiger partial charge in [0.1, 0.15) is 5.82 Å². The first kappa shape index (κ1) is 24.2. The Morgan fingerprint density at radius 1 is 1.09 bits per heavy atom. The molecule has 1 amide bonds. The molecule has 1 atom stereocenters. The monoisotopic (exact) mass is 450 g/mol. The third kappa shape index (κ3) is 6.55. The predicted octanol–water partition coefficient (Wildman–Crippen LogP) is 5.61. The summed E-state index contributed by atoms with van der Waals surface area (Å²) in [6, 6.07) is 11.5. The van der Waals surface area contributed by atoms with Crippen molar-refractivity contribution in [1.29, 1.82) is 0 Å². The molecule has 0 radical (unpaired) electrons. The van der Waals surface area contributed by atoms with E-state index in [1.165, 1.54) is 24.3 Å². The van der Waals surface area contributed by atoms with Gasteiger partial charge in [0.25, 0.3) is 0 Å². The van der Waals surface area contributed by atoms with Gasteiger partial charge in [0.15, 0.2) is 0 Å².